The Morgan fingerprint density at radius 2 is 0.944 bits per heavy atom. The maximum Gasteiger partial charge on any atom is 0.290 e. The summed E-state index contributed by atoms with van der Waals surface area (Å²) in [6.45, 7) is 1.46. The Kier molecular flexibility index (Phi) is 9.62. The number of para-hydroxylation sites is 2. The van der Waals surface area contributed by atoms with Crippen molar-refractivity contribution < 1.29 is 18.7 Å². The van der Waals surface area contributed by atoms with Crippen molar-refractivity contribution in [3.8, 4) is 0 Å². The molecule has 8 aromatic rings. The van der Waals surface area contributed by atoms with Crippen molar-refractivity contribution in [1.82, 2.24) is 20.8 Å². The third-order valence-corrected chi connectivity index (χ3v) is 9.07. The van der Waals surface area contributed by atoms with Gasteiger partial charge in [-0.2, -0.15) is 19.3 Å². The fourth-order valence-electron chi connectivity index (χ4n) is 6.37. The molecule has 4 aromatic heterocycles. The van der Waals surface area contributed by atoms with Gasteiger partial charge in [0, 0.05) is 51.9 Å². The van der Waals surface area contributed by atoms with Crippen LogP contribution < -0.4 is 20.0 Å². The number of benzene rings is 4. The average Bonchev–Trinajstić information content (AvgIpc) is 3.22. The highest BCUT2D eigenvalue weighted by Crippen LogP contribution is 2.17. The topological polar surface area (TPSA) is 116 Å². The number of hydrazone groups is 2. The normalized spacial score (nSPS) is 11.5. The molecule has 0 aliphatic carbocycles. The molecular weight excluding hydrogens is 673 g/mol. The Hall–Kier alpha value is -7.46. The Morgan fingerprint density at radius 1 is 0.519 bits per heavy atom. The minimum Gasteiger partial charge on any atom is -0.266 e. The average molecular weight is 707 g/mol. The van der Waals surface area contributed by atoms with E-state index in [1.807, 2.05) is 97.3 Å². The van der Waals surface area contributed by atoms with Crippen molar-refractivity contribution in [2.45, 2.75) is 13.1 Å². The maximum atomic E-state index is 13.1. The van der Waals surface area contributed by atoms with E-state index in [0.717, 1.165) is 46.0 Å². The highest BCUT2D eigenvalue weighted by atomic mass is 16.2. The lowest BCUT2D eigenvalue weighted by Crippen LogP contribution is -2.35. The summed E-state index contributed by atoms with van der Waals surface area (Å²) in [5.74, 6) is -1.01. The highest BCUT2D eigenvalue weighted by molar-refractivity contribution is 6.00. The van der Waals surface area contributed by atoms with Gasteiger partial charge in [0.05, 0.1) is 23.2 Å². The molecule has 4 aromatic carbocycles. The van der Waals surface area contributed by atoms with Crippen molar-refractivity contribution in [1.29, 1.82) is 0 Å². The zero-order valence-corrected chi connectivity index (χ0v) is 29.1. The van der Waals surface area contributed by atoms with Crippen LogP contribution in [0.5, 0.6) is 0 Å². The van der Waals surface area contributed by atoms with Gasteiger partial charge in [-0.05, 0) is 36.4 Å². The van der Waals surface area contributed by atoms with Crippen LogP contribution in [0.15, 0.2) is 168 Å². The molecule has 260 valence electrons. The van der Waals surface area contributed by atoms with E-state index in [0.29, 0.717) is 5.39 Å². The first-order chi connectivity index (χ1) is 26.6. The molecule has 0 unspecified atom stereocenters. The number of amides is 2. The van der Waals surface area contributed by atoms with Crippen molar-refractivity contribution in [2.75, 3.05) is 0 Å². The molecule has 0 saturated heterocycles. The predicted octanol–water partition coefficient (Wildman–Crippen LogP) is 6.14. The van der Waals surface area contributed by atoms with Crippen molar-refractivity contribution in [3.63, 3.8) is 0 Å². The van der Waals surface area contributed by atoms with Crippen LogP contribution in [0.4, 0.5) is 0 Å². The molecule has 2 amide bonds. The quantitative estimate of drug-likeness (QED) is 0.101. The smallest absolute Gasteiger partial charge is 0.266 e. The van der Waals surface area contributed by atoms with E-state index >= 15 is 0 Å². The molecule has 0 radical (unpaired) electrons. The van der Waals surface area contributed by atoms with Gasteiger partial charge in [0.2, 0.25) is 11.0 Å². The van der Waals surface area contributed by atoms with Gasteiger partial charge in [-0.1, -0.05) is 84.9 Å². The lowest BCUT2D eigenvalue weighted by atomic mass is 10.1. The molecule has 0 spiro atoms. The van der Waals surface area contributed by atoms with Gasteiger partial charge in [-0.3, -0.25) is 9.59 Å². The fraction of sp³-hybridized carbons (Fsp3) is 0.0455. The van der Waals surface area contributed by atoms with Crippen LogP contribution in [-0.4, -0.2) is 34.2 Å². The van der Waals surface area contributed by atoms with Crippen LogP contribution in [0.3, 0.4) is 0 Å². The fourth-order valence-corrected chi connectivity index (χ4v) is 6.37. The summed E-state index contributed by atoms with van der Waals surface area (Å²) in [7, 11) is 0. The molecule has 0 saturated carbocycles. The number of nitrogens with one attached hydrogen (secondary N) is 2. The van der Waals surface area contributed by atoms with Gasteiger partial charge < -0.3 is 0 Å². The highest BCUT2D eigenvalue weighted by Gasteiger charge is 2.15. The van der Waals surface area contributed by atoms with Gasteiger partial charge in [0.15, 0.2) is 31.1 Å². The number of carbonyl (C=O) groups excluding carboxylic acids is 2. The molecule has 10 nitrogen and oxygen atoms in total. The Labute approximate surface area is 310 Å². The summed E-state index contributed by atoms with van der Waals surface area (Å²) in [4.78, 5) is 35.0. The minimum atomic E-state index is -0.506. The first-order valence-corrected chi connectivity index (χ1v) is 17.4. The molecule has 10 heteroatoms. The molecule has 0 aliphatic rings. The lowest BCUT2D eigenvalue weighted by Gasteiger charge is -2.05. The van der Waals surface area contributed by atoms with Gasteiger partial charge >= 0.3 is 0 Å². The second kappa shape index (κ2) is 15.4. The molecule has 4 heterocycles. The van der Waals surface area contributed by atoms with Crippen LogP contribution in [0.2, 0.25) is 0 Å². The van der Waals surface area contributed by atoms with Crippen LogP contribution in [0.25, 0.3) is 32.8 Å². The van der Waals surface area contributed by atoms with Gasteiger partial charge in [-0.25, -0.2) is 20.8 Å². The second-order valence-electron chi connectivity index (χ2n) is 12.6. The number of nitrogens with zero attached hydrogens (tertiary/aromatic N) is 6. The predicted molar refractivity (Wildman–Crippen MR) is 209 cm³/mol. The molecule has 2 N–H and O–H groups in total. The Bertz CT molecular complexity index is 2530. The van der Waals surface area contributed by atoms with Gasteiger partial charge in [-0.15, -0.1) is 0 Å². The second-order valence-corrected chi connectivity index (χ2v) is 12.6. The van der Waals surface area contributed by atoms with Crippen LogP contribution in [-0.2, 0) is 13.1 Å². The summed E-state index contributed by atoms with van der Waals surface area (Å²) in [5.41, 5.74) is 11.8. The lowest BCUT2D eigenvalue weighted by molar-refractivity contribution is -0.662. The molecule has 0 aliphatic heterocycles. The van der Waals surface area contributed by atoms with E-state index < -0.39 is 11.8 Å². The molecule has 54 heavy (non-hydrogen) atoms. The number of fused-ring (bicyclic) bond motifs is 3. The van der Waals surface area contributed by atoms with E-state index in [-0.39, 0.29) is 17.0 Å². The van der Waals surface area contributed by atoms with E-state index in [4.69, 9.17) is 0 Å². The van der Waals surface area contributed by atoms with Crippen molar-refractivity contribution >= 4 is 57.1 Å². The SMILES string of the molecule is O=C(NN=Cc1cc[n+](Cc2ccccc2)c2ccccc12)c1ccc2ccc(C(=O)NN=Cc3cc[n+](Cc4ccccc4)c4ccccc34)nc2n1. The Balaban J connectivity index is 0.941. The van der Waals surface area contributed by atoms with Crippen molar-refractivity contribution in [3.05, 3.63) is 192 Å². The van der Waals surface area contributed by atoms with Gasteiger partial charge in [0.25, 0.3) is 11.8 Å². The standard InChI is InChI=1S/C44H32N8O2/c53-43(49-45-27-34-23-25-51(29-31-11-3-1-4-12-31)40-17-9-7-15-36(34)40)38-21-19-33-20-22-39(48-42(33)47-38)44(54)50-46-28-35-24-26-52(30-32-13-5-2-6-14-32)41-18-10-8-16-37(35)41/h1-28H,29-30H2/p+2. The number of hydrogen-bond acceptors (Lipinski definition) is 6. The largest absolute Gasteiger partial charge is 0.290 e. The minimum absolute atomic E-state index is 0.113. The zero-order chi connectivity index (χ0) is 36.7. The van der Waals surface area contributed by atoms with E-state index in [1.54, 1.807) is 36.7 Å². The Morgan fingerprint density at radius 3 is 1.41 bits per heavy atom. The summed E-state index contributed by atoms with van der Waals surface area (Å²) in [6.07, 6.45) is 7.27. The number of hydrogen-bond donors (Lipinski definition) is 2. The van der Waals surface area contributed by atoms with E-state index in [1.165, 1.54) is 11.1 Å². The zero-order valence-electron chi connectivity index (χ0n) is 29.1. The summed E-state index contributed by atoms with van der Waals surface area (Å²) >= 11 is 0. The van der Waals surface area contributed by atoms with E-state index in [9.17, 15) is 9.59 Å². The third kappa shape index (κ3) is 7.44. The van der Waals surface area contributed by atoms with Crippen LogP contribution >= 0.6 is 0 Å². The summed E-state index contributed by atoms with van der Waals surface area (Å²) in [6, 6.07) is 47.3. The molecule has 0 atom stereocenters. The number of carbonyl (C=O) groups is 2. The number of pyridine rings is 4. The summed E-state index contributed by atoms with van der Waals surface area (Å²) in [5, 5.41) is 11.1. The van der Waals surface area contributed by atoms with Gasteiger partial charge in [0.1, 0.15) is 11.4 Å². The van der Waals surface area contributed by atoms with Crippen LogP contribution in [0.1, 0.15) is 43.2 Å². The third-order valence-electron chi connectivity index (χ3n) is 9.07. The molecule has 8 rings (SSSR count). The van der Waals surface area contributed by atoms with Crippen molar-refractivity contribution in [2.24, 2.45) is 10.2 Å². The molecule has 0 fully saturated rings. The summed E-state index contributed by atoms with van der Waals surface area (Å²) < 4.78 is 4.36. The monoisotopic (exact) mass is 706 g/mol. The first kappa shape index (κ1) is 33.7. The maximum absolute atomic E-state index is 13.1. The number of aromatic nitrogens is 4. The van der Waals surface area contributed by atoms with E-state index in [2.05, 4.69) is 76.6 Å². The molecular formula is C44H34N8O2+2. The first-order valence-electron chi connectivity index (χ1n) is 17.4. The number of rotatable bonds is 10. The molecule has 0 bridgehead atoms. The van der Waals surface area contributed by atoms with Crippen LogP contribution in [0, 0.1) is 0 Å².